The van der Waals surface area contributed by atoms with Crippen molar-refractivity contribution < 1.29 is 31.5 Å². The Morgan fingerprint density at radius 3 is 2.62 bits per heavy atom. The summed E-state index contributed by atoms with van der Waals surface area (Å²) in [5.41, 5.74) is -0.309. The van der Waals surface area contributed by atoms with Crippen LogP contribution >= 0.6 is 0 Å². The van der Waals surface area contributed by atoms with E-state index in [2.05, 4.69) is 0 Å². The average Bonchev–Trinajstić information content (AvgIpc) is 2.77. The van der Waals surface area contributed by atoms with Crippen molar-refractivity contribution in [3.63, 3.8) is 0 Å². The Morgan fingerprint density at radius 2 is 2.10 bits per heavy atom. The molecule has 1 heterocycles. The van der Waals surface area contributed by atoms with Crippen molar-refractivity contribution in [2.75, 3.05) is 19.8 Å². The van der Waals surface area contributed by atoms with Crippen LogP contribution < -0.4 is 5.14 Å². The highest BCUT2D eigenvalue weighted by molar-refractivity contribution is 7.89. The zero-order valence-electron chi connectivity index (χ0n) is 11.3. The molecule has 0 fully saturated rings. The molecule has 0 unspecified atom stereocenters. The minimum Gasteiger partial charge on any atom is -0.459 e. The zero-order valence-corrected chi connectivity index (χ0v) is 12.1. The molecule has 0 aliphatic carbocycles. The first kappa shape index (κ1) is 17.5. The van der Waals surface area contributed by atoms with Gasteiger partial charge in [-0.2, -0.15) is 0 Å². The van der Waals surface area contributed by atoms with E-state index < -0.39 is 33.9 Å². The number of rotatable bonds is 8. The van der Waals surface area contributed by atoms with Crippen LogP contribution in [0.2, 0.25) is 0 Å². The maximum atomic E-state index is 12.4. The fraction of sp³-hybridized carbons (Fsp3) is 0.545. The van der Waals surface area contributed by atoms with E-state index in [1.165, 1.54) is 0 Å². The molecule has 120 valence electrons. The number of primary sulfonamides is 1. The normalized spacial score (nSPS) is 11.9. The minimum absolute atomic E-state index is 0.0722. The van der Waals surface area contributed by atoms with Gasteiger partial charge in [-0.25, -0.2) is 27.1 Å². The predicted molar refractivity (Wildman–Crippen MR) is 68.6 cm³/mol. The number of nitrogens with two attached hydrogens (primary N) is 1. The number of sulfonamides is 1. The van der Waals surface area contributed by atoms with Crippen LogP contribution in [0.5, 0.6) is 0 Å². The largest absolute Gasteiger partial charge is 0.459 e. The average molecular weight is 326 g/mol. The lowest BCUT2D eigenvalue weighted by Gasteiger charge is -2.08. The molecule has 0 aliphatic heterocycles. The molecule has 0 amide bonds. The molecular weight excluding hydrogens is 310 g/mol. The molecule has 21 heavy (non-hydrogen) atoms. The molecule has 10 heteroatoms. The fourth-order valence-electron chi connectivity index (χ4n) is 1.52. The molecular formula is C11H16F2N2O5S. The number of ether oxygens (including phenoxy) is 2. The van der Waals surface area contributed by atoms with Gasteiger partial charge in [0.2, 0.25) is 10.0 Å². The van der Waals surface area contributed by atoms with Crippen molar-refractivity contribution >= 4 is 16.0 Å². The van der Waals surface area contributed by atoms with Gasteiger partial charge in [0.15, 0.2) is 0 Å². The van der Waals surface area contributed by atoms with Gasteiger partial charge in [-0.1, -0.05) is 0 Å². The quantitative estimate of drug-likeness (QED) is 0.557. The minimum atomic E-state index is -4.10. The molecule has 0 atom stereocenters. The van der Waals surface area contributed by atoms with Gasteiger partial charge in [0.25, 0.3) is 6.43 Å². The van der Waals surface area contributed by atoms with Crippen LogP contribution in [0, 0.1) is 0 Å². The third-order valence-corrected chi connectivity index (χ3v) is 3.29. The first-order chi connectivity index (χ1) is 9.75. The Hall–Kier alpha value is -1.52. The van der Waals surface area contributed by atoms with Gasteiger partial charge in [0.1, 0.15) is 17.2 Å². The summed E-state index contributed by atoms with van der Waals surface area (Å²) < 4.78 is 57.9. The zero-order chi connectivity index (χ0) is 16.0. The second-order valence-electron chi connectivity index (χ2n) is 3.98. The predicted octanol–water partition coefficient (Wildman–Crippen LogP) is 0.594. The molecule has 2 N–H and O–H groups in total. The lowest BCUT2D eigenvalue weighted by molar-refractivity contribution is 0.0319. The van der Waals surface area contributed by atoms with Crippen molar-refractivity contribution in [1.82, 2.24) is 4.57 Å². The van der Waals surface area contributed by atoms with Gasteiger partial charge in [0, 0.05) is 12.8 Å². The number of carbonyl (C=O) groups excluding carboxylic acids is 1. The summed E-state index contributed by atoms with van der Waals surface area (Å²) in [6.45, 7) is 1.44. The fourth-order valence-corrected chi connectivity index (χ4v) is 2.07. The molecule has 0 saturated heterocycles. The van der Waals surface area contributed by atoms with Crippen LogP contribution in [0.1, 0.15) is 17.4 Å². The van der Waals surface area contributed by atoms with E-state index in [1.54, 1.807) is 6.92 Å². The van der Waals surface area contributed by atoms with Crippen LogP contribution in [-0.4, -0.2) is 45.2 Å². The van der Waals surface area contributed by atoms with E-state index >= 15 is 0 Å². The van der Waals surface area contributed by atoms with Crippen molar-refractivity contribution in [2.45, 2.75) is 24.8 Å². The summed E-state index contributed by atoms with van der Waals surface area (Å²) in [5, 5.41) is 4.91. The van der Waals surface area contributed by atoms with E-state index in [9.17, 15) is 22.0 Å². The summed E-state index contributed by atoms with van der Waals surface area (Å²) in [4.78, 5) is 11.3. The van der Waals surface area contributed by atoms with Gasteiger partial charge in [0.05, 0.1) is 13.2 Å². The highest BCUT2D eigenvalue weighted by atomic mass is 32.2. The molecule has 1 aromatic rings. The van der Waals surface area contributed by atoms with Crippen molar-refractivity contribution in [1.29, 1.82) is 0 Å². The third kappa shape index (κ3) is 5.40. The Kier molecular flexibility index (Phi) is 6.24. The van der Waals surface area contributed by atoms with Crippen molar-refractivity contribution in [3.05, 3.63) is 18.0 Å². The van der Waals surface area contributed by atoms with Crippen molar-refractivity contribution in [2.24, 2.45) is 5.14 Å². The van der Waals surface area contributed by atoms with E-state index in [1.807, 2.05) is 0 Å². The topological polar surface area (TPSA) is 101 Å². The summed E-state index contributed by atoms with van der Waals surface area (Å²) in [6.07, 6.45) is -1.89. The highest BCUT2D eigenvalue weighted by Crippen LogP contribution is 2.16. The molecule has 1 aromatic heterocycles. The SMILES string of the molecule is CCOCCOC(=O)c1cc(S(N)(=O)=O)cn1CC(F)F. The van der Waals surface area contributed by atoms with Crippen LogP contribution in [-0.2, 0) is 26.0 Å². The molecule has 0 bridgehead atoms. The van der Waals surface area contributed by atoms with Gasteiger partial charge < -0.3 is 14.0 Å². The molecule has 0 spiro atoms. The van der Waals surface area contributed by atoms with Crippen LogP contribution in [0.15, 0.2) is 17.2 Å². The third-order valence-electron chi connectivity index (χ3n) is 2.41. The first-order valence-corrected chi connectivity index (χ1v) is 7.56. The molecule has 1 rings (SSSR count). The molecule has 0 radical (unpaired) electrons. The van der Waals surface area contributed by atoms with Crippen LogP contribution in [0.25, 0.3) is 0 Å². The molecule has 0 saturated carbocycles. The first-order valence-electron chi connectivity index (χ1n) is 6.01. The summed E-state index contributed by atoms with van der Waals surface area (Å²) in [5.74, 6) is -0.926. The van der Waals surface area contributed by atoms with E-state index in [-0.39, 0.29) is 18.9 Å². The van der Waals surface area contributed by atoms with Gasteiger partial charge in [-0.15, -0.1) is 0 Å². The lowest BCUT2D eigenvalue weighted by atomic mass is 10.4. The van der Waals surface area contributed by atoms with Crippen LogP contribution in [0.4, 0.5) is 8.78 Å². The van der Waals surface area contributed by atoms with E-state index in [0.29, 0.717) is 6.61 Å². The van der Waals surface area contributed by atoms with E-state index in [0.717, 1.165) is 16.8 Å². The summed E-state index contributed by atoms with van der Waals surface area (Å²) in [7, 11) is -4.10. The molecule has 0 aromatic carbocycles. The van der Waals surface area contributed by atoms with Crippen LogP contribution in [0.3, 0.4) is 0 Å². The molecule has 7 nitrogen and oxygen atoms in total. The van der Waals surface area contributed by atoms with Gasteiger partial charge in [-0.3, -0.25) is 0 Å². The maximum Gasteiger partial charge on any atom is 0.355 e. The number of nitrogens with zero attached hydrogens (tertiary/aromatic N) is 1. The second kappa shape index (κ2) is 7.48. The summed E-state index contributed by atoms with van der Waals surface area (Å²) >= 11 is 0. The number of hydrogen-bond acceptors (Lipinski definition) is 5. The smallest absolute Gasteiger partial charge is 0.355 e. The number of esters is 1. The van der Waals surface area contributed by atoms with Gasteiger partial charge in [-0.05, 0) is 13.0 Å². The Balaban J connectivity index is 2.92. The number of carbonyl (C=O) groups is 1. The Bertz CT molecular complexity index is 585. The monoisotopic (exact) mass is 326 g/mol. The second-order valence-corrected chi connectivity index (χ2v) is 5.54. The highest BCUT2D eigenvalue weighted by Gasteiger charge is 2.21. The number of aromatic nitrogens is 1. The maximum absolute atomic E-state index is 12.4. The standard InChI is InChI=1S/C11H16F2N2O5S/c1-2-19-3-4-20-11(16)9-5-8(21(14,17)18)6-15(9)7-10(12)13/h5-6,10H,2-4,7H2,1H3,(H2,14,17,18). The number of hydrogen-bond donors (Lipinski definition) is 1. The lowest BCUT2D eigenvalue weighted by Crippen LogP contribution is -2.17. The Morgan fingerprint density at radius 1 is 1.43 bits per heavy atom. The molecule has 0 aliphatic rings. The Labute approximate surface area is 120 Å². The number of alkyl halides is 2. The van der Waals surface area contributed by atoms with Crippen molar-refractivity contribution in [3.8, 4) is 0 Å². The van der Waals surface area contributed by atoms with E-state index in [4.69, 9.17) is 14.6 Å². The summed E-state index contributed by atoms with van der Waals surface area (Å²) in [6, 6.07) is 0.903. The number of halogens is 2. The van der Waals surface area contributed by atoms with Gasteiger partial charge >= 0.3 is 5.97 Å².